The molecule has 0 radical (unpaired) electrons. The Morgan fingerprint density at radius 3 is 1.02 bits per heavy atom. The molecule has 10 aromatic carbocycles. The first-order valence-electron chi connectivity index (χ1n) is 22.7. The molecule has 65 heavy (non-hydrogen) atoms. The molecule has 312 valence electrons. The zero-order chi connectivity index (χ0) is 43.2. The third kappa shape index (κ3) is 6.94. The molecule has 4 atom stereocenters. The topological polar surface area (TPSA) is 43.2 Å². The van der Waals surface area contributed by atoms with Crippen molar-refractivity contribution in [2.75, 3.05) is 0 Å². The normalized spacial score (nSPS) is 18.4. The predicted octanol–water partition coefficient (Wildman–Crippen LogP) is 14.9. The van der Waals surface area contributed by atoms with E-state index in [2.05, 4.69) is 231 Å². The Bertz CT molecular complexity index is 3170. The number of rotatable bonds is 10. The summed E-state index contributed by atoms with van der Waals surface area (Å²) < 4.78 is 15.2. The van der Waals surface area contributed by atoms with Crippen molar-refractivity contribution in [3.8, 4) is 0 Å². The maximum Gasteiger partial charge on any atom is 0.201 e. The zero-order valence-corrected chi connectivity index (χ0v) is 35.9. The average molecular weight is 839 g/mol. The molecule has 0 aliphatic carbocycles. The first kappa shape index (κ1) is 38.8. The van der Waals surface area contributed by atoms with E-state index in [1.807, 2.05) is 0 Å². The van der Waals surface area contributed by atoms with Gasteiger partial charge in [0.2, 0.25) is 11.8 Å². The van der Waals surface area contributed by atoms with Gasteiger partial charge in [0.25, 0.3) is 0 Å². The first-order chi connectivity index (χ1) is 32.2. The highest BCUT2D eigenvalue weighted by Gasteiger charge is 2.54. The summed E-state index contributed by atoms with van der Waals surface area (Å²) in [4.78, 5) is 11.7. The Hall–Kier alpha value is -7.82. The number of hydrogen-bond acceptors (Lipinski definition) is 4. The number of aliphatic imine (C=N–C) groups is 2. The van der Waals surface area contributed by atoms with Gasteiger partial charge in [-0.1, -0.05) is 231 Å². The zero-order valence-electron chi connectivity index (χ0n) is 35.9. The first-order valence-corrected chi connectivity index (χ1v) is 22.7. The molecule has 0 aromatic heterocycles. The van der Waals surface area contributed by atoms with Crippen molar-refractivity contribution < 1.29 is 9.47 Å². The van der Waals surface area contributed by atoms with Gasteiger partial charge in [-0.3, -0.25) is 0 Å². The highest BCUT2D eigenvalue weighted by molar-refractivity contribution is 6.13. The number of benzene rings is 10. The second kappa shape index (κ2) is 16.4. The summed E-state index contributed by atoms with van der Waals surface area (Å²) in [6, 6.07) is 81.5. The summed E-state index contributed by atoms with van der Waals surface area (Å²) in [5, 5.41) is 9.62. The summed E-state index contributed by atoms with van der Waals surface area (Å²) in [5.74, 6) is 1.27. The molecule has 4 heteroatoms. The molecule has 0 fully saturated rings. The fourth-order valence-electron chi connectivity index (χ4n) is 10.5. The fourth-order valence-corrected chi connectivity index (χ4v) is 10.5. The summed E-state index contributed by atoms with van der Waals surface area (Å²) in [5.41, 5.74) is 5.66. The lowest BCUT2D eigenvalue weighted by Gasteiger charge is -2.35. The molecule has 2 aliphatic rings. The van der Waals surface area contributed by atoms with E-state index >= 15 is 0 Å². The van der Waals surface area contributed by atoms with Gasteiger partial charge >= 0.3 is 0 Å². The molecule has 2 aliphatic heterocycles. The van der Waals surface area contributed by atoms with Gasteiger partial charge in [0.15, 0.2) is 12.2 Å². The minimum absolute atomic E-state index is 0.313. The molecule has 0 saturated heterocycles. The Labute approximate surface area is 379 Å². The molecule has 0 unspecified atom stereocenters. The molecule has 4 nitrogen and oxygen atoms in total. The van der Waals surface area contributed by atoms with Gasteiger partial charge in [-0.25, -0.2) is 9.98 Å². The molecule has 0 saturated carbocycles. The van der Waals surface area contributed by atoms with Gasteiger partial charge in [0.1, 0.15) is 17.5 Å². The van der Waals surface area contributed by atoms with Crippen LogP contribution in [0.4, 0.5) is 0 Å². The lowest BCUT2D eigenvalue weighted by atomic mass is 9.73. The van der Waals surface area contributed by atoms with Crippen molar-refractivity contribution >= 4 is 54.9 Å². The fraction of sp³-hybridized carbons (Fsp3) is 0.115. The predicted molar refractivity (Wildman–Crippen MR) is 267 cm³/mol. The van der Waals surface area contributed by atoms with E-state index in [-0.39, 0.29) is 24.3 Å². The van der Waals surface area contributed by atoms with Crippen LogP contribution in [0.1, 0.15) is 57.7 Å². The van der Waals surface area contributed by atoms with E-state index in [1.165, 1.54) is 54.2 Å². The minimum atomic E-state index is -1.02. The molecule has 0 N–H and O–H groups in total. The second-order valence-electron chi connectivity index (χ2n) is 17.5. The van der Waals surface area contributed by atoms with E-state index < -0.39 is 5.41 Å². The molecule has 0 spiro atoms. The Morgan fingerprint density at radius 2 is 0.631 bits per heavy atom. The van der Waals surface area contributed by atoms with E-state index in [0.29, 0.717) is 24.6 Å². The Morgan fingerprint density at radius 1 is 0.323 bits per heavy atom. The Kier molecular flexibility index (Phi) is 9.79. The molecule has 2 heterocycles. The van der Waals surface area contributed by atoms with Crippen LogP contribution in [0.25, 0.3) is 43.1 Å². The molecular weight excluding hydrogens is 793 g/mol. The number of nitrogens with zero attached hydrogens (tertiary/aromatic N) is 2. The molecule has 12 rings (SSSR count). The van der Waals surface area contributed by atoms with E-state index in [0.717, 1.165) is 22.3 Å². The third-order valence-electron chi connectivity index (χ3n) is 13.6. The minimum Gasteiger partial charge on any atom is -0.469 e. The van der Waals surface area contributed by atoms with Crippen molar-refractivity contribution in [2.24, 2.45) is 15.4 Å². The van der Waals surface area contributed by atoms with Gasteiger partial charge in [-0.2, -0.15) is 0 Å². The maximum absolute atomic E-state index is 7.61. The second-order valence-corrected chi connectivity index (χ2v) is 17.5. The highest BCUT2D eigenvalue weighted by Crippen LogP contribution is 2.51. The van der Waals surface area contributed by atoms with Crippen LogP contribution >= 0.6 is 0 Å². The van der Waals surface area contributed by atoms with Gasteiger partial charge in [-0.05, 0) is 89.3 Å². The van der Waals surface area contributed by atoms with Crippen molar-refractivity contribution in [3.05, 3.63) is 264 Å². The smallest absolute Gasteiger partial charge is 0.201 e. The summed E-state index contributed by atoms with van der Waals surface area (Å²) >= 11 is 0. The van der Waals surface area contributed by atoms with Gasteiger partial charge < -0.3 is 9.47 Å². The van der Waals surface area contributed by atoms with Gasteiger partial charge in [-0.15, -0.1) is 0 Å². The highest BCUT2D eigenvalue weighted by atomic mass is 16.5. The van der Waals surface area contributed by atoms with Crippen molar-refractivity contribution in [1.82, 2.24) is 0 Å². The van der Waals surface area contributed by atoms with Crippen LogP contribution in [0, 0.1) is 5.41 Å². The number of hydrogen-bond donors (Lipinski definition) is 0. The van der Waals surface area contributed by atoms with Crippen LogP contribution in [0.3, 0.4) is 0 Å². The SMILES string of the molecule is c1ccc([C@H]2OC(C(Cc3cc4ccccc4c4ccccc34)(Cc3cc4ccccc4c4ccccc34)C3=N[C@@H](c4ccccc4)[C@@H](c4ccccc4)O3)=N[C@H]2c2ccccc2)cc1. The number of ether oxygens (including phenoxy) is 2. The van der Waals surface area contributed by atoms with Crippen LogP contribution in [-0.2, 0) is 22.3 Å². The summed E-state index contributed by atoms with van der Waals surface area (Å²) in [6.07, 6.45) is 0.268. The van der Waals surface area contributed by atoms with Crippen LogP contribution in [-0.4, -0.2) is 11.8 Å². The monoisotopic (exact) mass is 838 g/mol. The third-order valence-corrected chi connectivity index (χ3v) is 13.6. The lowest BCUT2D eigenvalue weighted by molar-refractivity contribution is 0.154. The molecule has 0 bridgehead atoms. The van der Waals surface area contributed by atoms with E-state index in [9.17, 15) is 0 Å². The maximum atomic E-state index is 7.61. The Balaban J connectivity index is 1.17. The summed E-state index contributed by atoms with van der Waals surface area (Å²) in [7, 11) is 0. The average Bonchev–Trinajstić information content (AvgIpc) is 4.05. The summed E-state index contributed by atoms with van der Waals surface area (Å²) in [6.45, 7) is 0. The quantitative estimate of drug-likeness (QED) is 0.129. The molecular formula is C61H46N2O2. The van der Waals surface area contributed by atoms with Gasteiger partial charge in [0, 0.05) is 0 Å². The standard InChI is InChI=1S/C61H46N2O2/c1-5-21-41(22-6-1)55-57(43-25-9-3-10-26-43)64-59(62-55)61(39-47-37-45-29-13-15-31-49(45)53-35-19-17-33-51(47)53,40-48-38-46-30-14-16-32-50(46)54-36-20-18-34-52(48)54)60-63-56(42-23-7-2-8-24-42)58(65-60)44-27-11-4-12-28-44/h1-38,55-58H,39-40H2/t55-,56-,57+,58+/m0/s1. The largest absolute Gasteiger partial charge is 0.469 e. The van der Waals surface area contributed by atoms with Gasteiger partial charge in [0.05, 0.1) is 0 Å². The van der Waals surface area contributed by atoms with Crippen LogP contribution in [0.15, 0.2) is 241 Å². The van der Waals surface area contributed by atoms with E-state index in [4.69, 9.17) is 19.5 Å². The number of fused-ring (bicyclic) bond motifs is 6. The molecule has 0 amide bonds. The van der Waals surface area contributed by atoms with Crippen LogP contribution in [0.5, 0.6) is 0 Å². The molecule has 10 aromatic rings. The van der Waals surface area contributed by atoms with E-state index in [1.54, 1.807) is 0 Å². The van der Waals surface area contributed by atoms with Crippen LogP contribution in [0.2, 0.25) is 0 Å². The van der Waals surface area contributed by atoms with Crippen LogP contribution < -0.4 is 0 Å². The lowest BCUT2D eigenvalue weighted by Crippen LogP contribution is -2.44. The van der Waals surface area contributed by atoms with Crippen molar-refractivity contribution in [1.29, 1.82) is 0 Å². The van der Waals surface area contributed by atoms with Crippen molar-refractivity contribution in [2.45, 2.75) is 37.1 Å². The van der Waals surface area contributed by atoms with Crippen molar-refractivity contribution in [3.63, 3.8) is 0 Å².